The van der Waals surface area contributed by atoms with Gasteiger partial charge < -0.3 is 21.2 Å². The fourth-order valence-electron chi connectivity index (χ4n) is 5.31. The Labute approximate surface area is 291 Å². The van der Waals surface area contributed by atoms with Crippen LogP contribution < -0.4 is 19.8 Å². The zero-order chi connectivity index (χ0) is 35.0. The quantitative estimate of drug-likeness (QED) is 0.151. The number of carboxylic acids is 1. The van der Waals surface area contributed by atoms with Gasteiger partial charge in [0.25, 0.3) is 5.91 Å². The molecule has 4 aromatic rings. The van der Waals surface area contributed by atoms with Crippen LogP contribution >= 0.6 is 0 Å². The molecule has 262 valence electrons. The molecule has 1 atom stereocenters. The molecule has 5 rings (SSSR count). The molecule has 4 aromatic carbocycles. The minimum Gasteiger partial charge on any atom is -0.477 e. The number of halogens is 2. The summed E-state index contributed by atoms with van der Waals surface area (Å²) in [7, 11) is 0.185. The highest BCUT2D eigenvalue weighted by Crippen LogP contribution is 2.29. The van der Waals surface area contributed by atoms with Crippen LogP contribution in [0.3, 0.4) is 0 Å². The molecular formula is C37H38F2N4O6S. The summed E-state index contributed by atoms with van der Waals surface area (Å²) in [4.78, 5) is 39.0. The van der Waals surface area contributed by atoms with Gasteiger partial charge in [-0.15, -0.1) is 0 Å². The molecule has 0 radical (unpaired) electrons. The second-order valence-corrected chi connectivity index (χ2v) is 13.1. The average Bonchev–Trinajstić information content (AvgIpc) is 3.13. The van der Waals surface area contributed by atoms with Crippen LogP contribution in [-0.2, 0) is 22.3 Å². The summed E-state index contributed by atoms with van der Waals surface area (Å²) < 4.78 is 41.9. The van der Waals surface area contributed by atoms with Gasteiger partial charge in [-0.2, -0.15) is 8.78 Å². The van der Waals surface area contributed by atoms with E-state index in [2.05, 4.69) is 11.4 Å². The number of hydrogen-bond acceptors (Lipinski definition) is 4. The minimum atomic E-state index is -4.10. The zero-order valence-corrected chi connectivity index (χ0v) is 28.1. The monoisotopic (exact) mass is 704 g/mol. The van der Waals surface area contributed by atoms with Crippen molar-refractivity contribution in [3.05, 3.63) is 126 Å². The number of allylic oxidation sites excluding steroid dienone is 2. The molecule has 0 saturated heterocycles. The Hall–Kier alpha value is -5.40. The minimum absolute atomic E-state index is 0. The van der Waals surface area contributed by atoms with Crippen LogP contribution in [-0.4, -0.2) is 52.2 Å². The number of para-hydroxylation sites is 1. The molecule has 1 aliphatic carbocycles. The summed E-state index contributed by atoms with van der Waals surface area (Å²) >= 11 is 0. The first-order chi connectivity index (χ1) is 23.5. The first kappa shape index (κ1) is 37.4. The number of rotatable bonds is 12. The van der Waals surface area contributed by atoms with Crippen LogP contribution in [0.5, 0.6) is 0 Å². The van der Waals surface area contributed by atoms with Gasteiger partial charge in [0.15, 0.2) is 11.0 Å². The zero-order valence-electron chi connectivity index (χ0n) is 27.3. The van der Waals surface area contributed by atoms with Crippen LogP contribution in [0.1, 0.15) is 47.2 Å². The number of nitrogens with one attached hydrogen (secondary N) is 2. The summed E-state index contributed by atoms with van der Waals surface area (Å²) in [5.41, 5.74) is 4.88. The maximum absolute atomic E-state index is 13.9. The highest BCUT2D eigenvalue weighted by molar-refractivity contribution is 7.86. The molecule has 0 spiro atoms. The highest BCUT2D eigenvalue weighted by Gasteiger charge is 2.39. The Bertz CT molecular complexity index is 1850. The SMILES string of the molecule is CN(c1ccccc1)S(=O)c1cccc(NC(=O)N(Cc2ccc(C(=O)NCC(F)(F)C(=O)O)cc2)c2ccc(C3=CCCCC3)cc2)c1.O. The normalized spacial score (nSPS) is 13.2. The maximum Gasteiger partial charge on any atom is 0.376 e. The molecule has 50 heavy (non-hydrogen) atoms. The van der Waals surface area contributed by atoms with E-state index in [9.17, 15) is 27.4 Å². The van der Waals surface area contributed by atoms with Crippen molar-refractivity contribution in [2.75, 3.05) is 28.1 Å². The molecule has 0 saturated carbocycles. The molecule has 0 aliphatic heterocycles. The van der Waals surface area contributed by atoms with Crippen LogP contribution in [0.2, 0.25) is 0 Å². The third kappa shape index (κ3) is 9.39. The van der Waals surface area contributed by atoms with Crippen molar-refractivity contribution in [1.82, 2.24) is 5.32 Å². The van der Waals surface area contributed by atoms with E-state index in [4.69, 9.17) is 5.11 Å². The number of amides is 3. The molecule has 0 fully saturated rings. The van der Waals surface area contributed by atoms with Gasteiger partial charge in [-0.05, 0) is 97.0 Å². The van der Waals surface area contributed by atoms with Gasteiger partial charge in [0.2, 0.25) is 0 Å². The molecule has 10 nitrogen and oxygen atoms in total. The maximum atomic E-state index is 13.9. The van der Waals surface area contributed by atoms with Crippen molar-refractivity contribution >= 4 is 51.5 Å². The van der Waals surface area contributed by atoms with Crippen LogP contribution in [0, 0.1) is 0 Å². The van der Waals surface area contributed by atoms with E-state index >= 15 is 0 Å². The molecule has 0 heterocycles. The molecular weight excluding hydrogens is 666 g/mol. The van der Waals surface area contributed by atoms with Gasteiger partial charge in [-0.1, -0.05) is 54.6 Å². The van der Waals surface area contributed by atoms with Crippen molar-refractivity contribution < 1.29 is 38.0 Å². The van der Waals surface area contributed by atoms with Crippen molar-refractivity contribution in [2.24, 2.45) is 0 Å². The summed E-state index contributed by atoms with van der Waals surface area (Å²) in [5.74, 6) is -7.28. The summed E-state index contributed by atoms with van der Waals surface area (Å²) in [6.45, 7) is -1.25. The van der Waals surface area contributed by atoms with Gasteiger partial charge in [0, 0.05) is 29.7 Å². The number of carboxylic acid groups (broad SMARTS) is 1. The number of aliphatic carboxylic acids is 1. The van der Waals surface area contributed by atoms with E-state index < -0.39 is 41.4 Å². The van der Waals surface area contributed by atoms with Crippen molar-refractivity contribution in [3.8, 4) is 0 Å². The number of alkyl halides is 2. The van der Waals surface area contributed by atoms with Gasteiger partial charge in [0.1, 0.15) is 0 Å². The molecule has 5 N–H and O–H groups in total. The van der Waals surface area contributed by atoms with Crippen LogP contribution in [0.4, 0.5) is 30.6 Å². The number of carbonyl (C=O) groups is 3. The van der Waals surface area contributed by atoms with Crippen molar-refractivity contribution in [2.45, 2.75) is 43.0 Å². The second-order valence-electron chi connectivity index (χ2n) is 11.5. The lowest BCUT2D eigenvalue weighted by atomic mass is 9.93. The Balaban J connectivity index is 0.00000562. The molecule has 1 aliphatic rings. The number of carbonyl (C=O) groups excluding carboxylic acids is 2. The molecule has 0 bridgehead atoms. The van der Waals surface area contributed by atoms with E-state index in [1.165, 1.54) is 29.0 Å². The van der Waals surface area contributed by atoms with E-state index in [-0.39, 0.29) is 17.6 Å². The predicted octanol–water partition coefficient (Wildman–Crippen LogP) is 6.67. The van der Waals surface area contributed by atoms with Gasteiger partial charge in [-0.3, -0.25) is 14.0 Å². The van der Waals surface area contributed by atoms with Crippen molar-refractivity contribution in [3.63, 3.8) is 0 Å². The first-order valence-electron chi connectivity index (χ1n) is 15.7. The Kier molecular flexibility index (Phi) is 12.6. The fourth-order valence-corrected chi connectivity index (χ4v) is 6.37. The second kappa shape index (κ2) is 16.8. The predicted molar refractivity (Wildman–Crippen MR) is 191 cm³/mol. The van der Waals surface area contributed by atoms with Crippen LogP contribution in [0.25, 0.3) is 5.57 Å². The molecule has 0 aromatic heterocycles. The topological polar surface area (TPSA) is 151 Å². The van der Waals surface area contributed by atoms with Crippen LogP contribution in [0.15, 0.2) is 114 Å². The van der Waals surface area contributed by atoms with Crippen molar-refractivity contribution in [1.29, 1.82) is 0 Å². The van der Waals surface area contributed by atoms with E-state index in [1.807, 2.05) is 59.9 Å². The largest absolute Gasteiger partial charge is 0.477 e. The highest BCUT2D eigenvalue weighted by atomic mass is 32.2. The van der Waals surface area contributed by atoms with E-state index in [1.54, 1.807) is 47.8 Å². The van der Waals surface area contributed by atoms with Gasteiger partial charge in [-0.25, -0.2) is 13.8 Å². The Morgan fingerprint density at radius 1 is 0.880 bits per heavy atom. The Morgan fingerprint density at radius 3 is 2.22 bits per heavy atom. The number of anilines is 3. The average molecular weight is 705 g/mol. The number of urea groups is 1. The number of nitrogens with zero attached hydrogens (tertiary/aromatic N) is 2. The summed E-state index contributed by atoms with van der Waals surface area (Å²) in [5, 5.41) is 13.5. The summed E-state index contributed by atoms with van der Waals surface area (Å²) in [6.07, 6.45) is 6.57. The Morgan fingerprint density at radius 2 is 1.58 bits per heavy atom. The smallest absolute Gasteiger partial charge is 0.376 e. The lowest BCUT2D eigenvalue weighted by Gasteiger charge is -2.24. The lowest BCUT2D eigenvalue weighted by Crippen LogP contribution is -2.42. The fraction of sp³-hybridized carbons (Fsp3) is 0.216. The molecule has 1 unspecified atom stereocenters. The third-order valence-corrected chi connectivity index (χ3v) is 9.45. The standard InChI is InChI=1S/C37H36F2N4O5S.H2O/c1-42(31-12-6-3-7-13-31)49(48)33-14-8-11-30(23-33)41-36(47)43(32-21-19-28(20-22-32)27-9-4-2-5-10-27)24-26-15-17-29(18-16-26)34(44)40-25-37(38,39)35(45)46;/h3,6-9,11-23H,2,4-5,10,24-25H2,1H3,(H,40,44)(H,41,47)(H,45,46);1H2. The summed E-state index contributed by atoms with van der Waals surface area (Å²) in [6, 6.07) is 29.4. The number of hydrogen-bond donors (Lipinski definition) is 3. The number of benzene rings is 4. The van der Waals surface area contributed by atoms with E-state index in [0.717, 1.165) is 30.5 Å². The first-order valence-corrected chi connectivity index (χ1v) is 16.8. The third-order valence-electron chi connectivity index (χ3n) is 8.08. The van der Waals surface area contributed by atoms with Gasteiger partial charge in [0.05, 0.1) is 18.0 Å². The lowest BCUT2D eigenvalue weighted by molar-refractivity contribution is -0.163. The van der Waals surface area contributed by atoms with Gasteiger partial charge >= 0.3 is 17.9 Å². The van der Waals surface area contributed by atoms with E-state index in [0.29, 0.717) is 21.8 Å². The molecule has 13 heteroatoms. The molecule has 3 amide bonds.